The van der Waals surface area contributed by atoms with Gasteiger partial charge in [0.1, 0.15) is 12.9 Å². The number of hydrogen-bond acceptors (Lipinski definition) is 4. The third kappa shape index (κ3) is 9.55. The van der Waals surface area contributed by atoms with Gasteiger partial charge in [-0.3, -0.25) is 0 Å². The molecule has 0 heterocycles. The summed E-state index contributed by atoms with van der Waals surface area (Å²) in [6, 6.07) is 0. The van der Waals surface area contributed by atoms with Gasteiger partial charge < -0.3 is 19.6 Å². The highest BCUT2D eigenvalue weighted by Crippen LogP contribution is 1.83. The minimum Gasteiger partial charge on any atom is -0.380 e. The number of carbonyl (C=O) groups is 1. The maximum absolute atomic E-state index is 9.81. The fourth-order valence-corrected chi connectivity index (χ4v) is 0.671. The van der Waals surface area contributed by atoms with Gasteiger partial charge in [-0.1, -0.05) is 0 Å². The van der Waals surface area contributed by atoms with Crippen molar-refractivity contribution in [1.82, 2.24) is 5.32 Å². The van der Waals surface area contributed by atoms with Gasteiger partial charge in [-0.05, 0) is 13.5 Å². The van der Waals surface area contributed by atoms with Crippen molar-refractivity contribution in [2.75, 3.05) is 40.0 Å². The Morgan fingerprint density at radius 1 is 1.25 bits per heavy atom. The molecule has 72 valence electrons. The Morgan fingerprint density at radius 2 is 2.00 bits per heavy atom. The molecule has 0 rings (SSSR count). The van der Waals surface area contributed by atoms with Gasteiger partial charge in [-0.25, -0.2) is 0 Å². The molecule has 4 heteroatoms. The van der Waals surface area contributed by atoms with Crippen molar-refractivity contribution in [3.05, 3.63) is 0 Å². The van der Waals surface area contributed by atoms with E-state index in [1.54, 1.807) is 0 Å². The third-order valence-electron chi connectivity index (χ3n) is 1.26. The maximum Gasteiger partial charge on any atom is 0.145 e. The van der Waals surface area contributed by atoms with Crippen LogP contribution in [0.15, 0.2) is 0 Å². The van der Waals surface area contributed by atoms with Crippen molar-refractivity contribution < 1.29 is 14.3 Å². The Morgan fingerprint density at radius 3 is 2.67 bits per heavy atom. The Bertz CT molecular complexity index is 98.3. The number of carbonyl (C=O) groups excluding carboxylic acids is 1. The summed E-state index contributed by atoms with van der Waals surface area (Å²) >= 11 is 0. The smallest absolute Gasteiger partial charge is 0.145 e. The molecule has 0 aliphatic carbocycles. The Balaban J connectivity index is 2.77. The topological polar surface area (TPSA) is 47.6 Å². The van der Waals surface area contributed by atoms with Crippen LogP contribution in [0, 0.1) is 0 Å². The zero-order valence-electron chi connectivity index (χ0n) is 7.54. The molecule has 0 aromatic rings. The van der Waals surface area contributed by atoms with E-state index in [1.807, 2.05) is 7.05 Å². The van der Waals surface area contributed by atoms with Gasteiger partial charge in [0.2, 0.25) is 0 Å². The van der Waals surface area contributed by atoms with Crippen molar-refractivity contribution >= 4 is 6.29 Å². The molecule has 0 atom stereocenters. The first-order chi connectivity index (χ1) is 5.91. The Kier molecular flexibility index (Phi) is 10.2. The molecule has 0 aromatic heterocycles. The molecule has 0 unspecified atom stereocenters. The minimum absolute atomic E-state index is 0.191. The van der Waals surface area contributed by atoms with E-state index in [-0.39, 0.29) is 6.61 Å². The van der Waals surface area contributed by atoms with Crippen molar-refractivity contribution in [3.8, 4) is 0 Å². The van der Waals surface area contributed by atoms with Crippen LogP contribution in [-0.2, 0) is 14.3 Å². The number of hydrogen-bond donors (Lipinski definition) is 1. The van der Waals surface area contributed by atoms with E-state index < -0.39 is 0 Å². The van der Waals surface area contributed by atoms with Crippen molar-refractivity contribution in [3.63, 3.8) is 0 Å². The highest BCUT2D eigenvalue weighted by atomic mass is 16.5. The van der Waals surface area contributed by atoms with Crippen LogP contribution in [0.4, 0.5) is 0 Å². The van der Waals surface area contributed by atoms with E-state index in [2.05, 4.69) is 5.32 Å². The van der Waals surface area contributed by atoms with Crippen LogP contribution < -0.4 is 5.32 Å². The number of nitrogens with one attached hydrogen (secondary N) is 1. The summed E-state index contributed by atoms with van der Waals surface area (Å²) in [5.74, 6) is 0. The van der Waals surface area contributed by atoms with Crippen molar-refractivity contribution in [2.24, 2.45) is 0 Å². The van der Waals surface area contributed by atoms with Crippen LogP contribution in [-0.4, -0.2) is 46.3 Å². The number of aldehydes is 1. The lowest BCUT2D eigenvalue weighted by Crippen LogP contribution is -2.15. The summed E-state index contributed by atoms with van der Waals surface area (Å²) < 4.78 is 10.1. The van der Waals surface area contributed by atoms with Gasteiger partial charge >= 0.3 is 0 Å². The molecule has 12 heavy (non-hydrogen) atoms. The molecule has 0 spiro atoms. The van der Waals surface area contributed by atoms with E-state index in [0.717, 1.165) is 25.9 Å². The average Bonchev–Trinajstić information content (AvgIpc) is 2.10. The Labute approximate surface area is 73.2 Å². The summed E-state index contributed by atoms with van der Waals surface area (Å²) in [7, 11) is 1.89. The lowest BCUT2D eigenvalue weighted by atomic mass is 10.5. The molecule has 4 nitrogen and oxygen atoms in total. The standard InChI is InChI=1S/C8H17NO3/c1-9-3-7-11-5-2-6-12-8-4-10/h4,9H,2-3,5-8H2,1H3. The summed E-state index contributed by atoms with van der Waals surface area (Å²) in [5, 5.41) is 2.98. The first-order valence-electron chi connectivity index (χ1n) is 4.15. The summed E-state index contributed by atoms with van der Waals surface area (Å²) in [6.07, 6.45) is 1.60. The fourth-order valence-electron chi connectivity index (χ4n) is 0.671. The molecule has 0 saturated heterocycles. The first kappa shape index (κ1) is 11.6. The SMILES string of the molecule is CNCCOCCCOCC=O. The average molecular weight is 175 g/mol. The van der Waals surface area contributed by atoms with E-state index in [1.165, 1.54) is 0 Å². The van der Waals surface area contributed by atoms with Crippen LogP contribution in [0.5, 0.6) is 0 Å². The molecule has 0 radical (unpaired) electrons. The number of likely N-dealkylation sites (N-methyl/N-ethyl adjacent to an activating group) is 1. The second-order valence-corrected chi connectivity index (χ2v) is 2.31. The van der Waals surface area contributed by atoms with E-state index in [0.29, 0.717) is 13.2 Å². The zero-order valence-corrected chi connectivity index (χ0v) is 7.54. The van der Waals surface area contributed by atoms with Crippen LogP contribution in [0.25, 0.3) is 0 Å². The third-order valence-corrected chi connectivity index (χ3v) is 1.26. The Hall–Kier alpha value is -0.450. The van der Waals surface area contributed by atoms with Gasteiger partial charge in [0.25, 0.3) is 0 Å². The van der Waals surface area contributed by atoms with E-state index in [4.69, 9.17) is 9.47 Å². The van der Waals surface area contributed by atoms with Crippen LogP contribution in [0.3, 0.4) is 0 Å². The van der Waals surface area contributed by atoms with E-state index >= 15 is 0 Å². The molecular weight excluding hydrogens is 158 g/mol. The van der Waals surface area contributed by atoms with Crippen LogP contribution in [0.2, 0.25) is 0 Å². The largest absolute Gasteiger partial charge is 0.380 e. The van der Waals surface area contributed by atoms with Crippen LogP contribution >= 0.6 is 0 Å². The lowest BCUT2D eigenvalue weighted by Gasteiger charge is -2.02. The molecule has 0 aliphatic heterocycles. The molecular formula is C8H17NO3. The quantitative estimate of drug-likeness (QED) is 0.390. The fraction of sp³-hybridized carbons (Fsp3) is 0.875. The molecule has 0 aromatic carbocycles. The van der Waals surface area contributed by atoms with Crippen molar-refractivity contribution in [2.45, 2.75) is 6.42 Å². The molecule has 0 amide bonds. The highest BCUT2D eigenvalue weighted by Gasteiger charge is 1.88. The molecule has 0 bridgehead atoms. The van der Waals surface area contributed by atoms with Gasteiger partial charge in [0, 0.05) is 19.8 Å². The predicted octanol–water partition coefficient (Wildman–Crippen LogP) is -0.172. The summed E-state index contributed by atoms with van der Waals surface area (Å²) in [6.45, 7) is 3.08. The number of ether oxygens (including phenoxy) is 2. The molecule has 1 N–H and O–H groups in total. The van der Waals surface area contributed by atoms with Gasteiger partial charge in [-0.15, -0.1) is 0 Å². The lowest BCUT2D eigenvalue weighted by molar-refractivity contribution is -0.112. The maximum atomic E-state index is 9.81. The minimum atomic E-state index is 0.191. The number of rotatable bonds is 9. The molecule has 0 aliphatic rings. The second-order valence-electron chi connectivity index (χ2n) is 2.31. The monoisotopic (exact) mass is 175 g/mol. The van der Waals surface area contributed by atoms with Gasteiger partial charge in [-0.2, -0.15) is 0 Å². The zero-order chi connectivity index (χ0) is 9.07. The predicted molar refractivity (Wildman–Crippen MR) is 46.2 cm³/mol. The highest BCUT2D eigenvalue weighted by molar-refractivity contribution is 5.50. The van der Waals surface area contributed by atoms with Crippen LogP contribution in [0.1, 0.15) is 6.42 Å². The van der Waals surface area contributed by atoms with Gasteiger partial charge in [0.15, 0.2) is 0 Å². The summed E-state index contributed by atoms with van der Waals surface area (Å²) in [4.78, 5) is 9.81. The van der Waals surface area contributed by atoms with Crippen molar-refractivity contribution in [1.29, 1.82) is 0 Å². The molecule has 0 fully saturated rings. The second kappa shape index (κ2) is 10.6. The summed E-state index contributed by atoms with van der Waals surface area (Å²) in [5.41, 5.74) is 0. The van der Waals surface area contributed by atoms with Gasteiger partial charge in [0.05, 0.1) is 6.61 Å². The first-order valence-corrected chi connectivity index (χ1v) is 4.15. The normalized spacial score (nSPS) is 10.1. The van der Waals surface area contributed by atoms with E-state index in [9.17, 15) is 4.79 Å². The molecule has 0 saturated carbocycles.